The van der Waals surface area contributed by atoms with Gasteiger partial charge in [0.15, 0.2) is 0 Å². The Morgan fingerprint density at radius 3 is 3.04 bits per heavy atom. The summed E-state index contributed by atoms with van der Waals surface area (Å²) in [4.78, 5) is 21.2. The number of rotatable bonds is 2. The fourth-order valence-electron chi connectivity index (χ4n) is 3.00. The zero-order valence-corrected chi connectivity index (χ0v) is 14.3. The summed E-state index contributed by atoms with van der Waals surface area (Å²) in [7, 11) is 0. The van der Waals surface area contributed by atoms with E-state index in [2.05, 4.69) is 22.7 Å². The van der Waals surface area contributed by atoms with Crippen LogP contribution in [-0.4, -0.2) is 28.9 Å². The molecule has 1 amide bonds. The molecule has 4 rings (SSSR count). The van der Waals surface area contributed by atoms with Gasteiger partial charge in [-0.05, 0) is 30.0 Å². The Morgan fingerprint density at radius 1 is 1.30 bits per heavy atom. The van der Waals surface area contributed by atoms with Gasteiger partial charge in [-0.25, -0.2) is 0 Å². The van der Waals surface area contributed by atoms with E-state index in [1.807, 2.05) is 30.0 Å². The number of oxime groups is 1. The zero-order chi connectivity index (χ0) is 15.8. The first-order valence-electron chi connectivity index (χ1n) is 7.56. The van der Waals surface area contributed by atoms with Crippen molar-refractivity contribution in [3.63, 3.8) is 0 Å². The van der Waals surface area contributed by atoms with Crippen molar-refractivity contribution in [1.29, 1.82) is 0 Å². The van der Waals surface area contributed by atoms with E-state index in [1.165, 1.54) is 4.88 Å². The summed E-state index contributed by atoms with van der Waals surface area (Å²) in [6, 6.07) is 9.99. The van der Waals surface area contributed by atoms with Gasteiger partial charge in [0, 0.05) is 21.8 Å². The van der Waals surface area contributed by atoms with E-state index in [4.69, 9.17) is 4.84 Å². The normalized spacial score (nSPS) is 21.4. The number of carbonyl (C=O) groups excluding carboxylic acids is 1. The van der Waals surface area contributed by atoms with Gasteiger partial charge in [0.25, 0.3) is 5.91 Å². The lowest BCUT2D eigenvalue weighted by Crippen LogP contribution is -2.29. The highest BCUT2D eigenvalue weighted by atomic mass is 32.2. The molecule has 0 bridgehead atoms. The van der Waals surface area contributed by atoms with Crippen LogP contribution in [0.2, 0.25) is 0 Å². The van der Waals surface area contributed by atoms with E-state index in [9.17, 15) is 4.79 Å². The number of hydrogen-bond acceptors (Lipinski definition) is 5. The second-order valence-electron chi connectivity index (χ2n) is 5.40. The highest BCUT2D eigenvalue weighted by Crippen LogP contribution is 2.44. The first-order chi connectivity index (χ1) is 11.3. The largest absolute Gasteiger partial charge is 0.396 e. The molecule has 0 N–H and O–H groups in total. The van der Waals surface area contributed by atoms with Crippen LogP contribution in [0.3, 0.4) is 0 Å². The minimum atomic E-state index is 0.0563. The molecule has 1 atom stereocenters. The zero-order valence-electron chi connectivity index (χ0n) is 12.7. The van der Waals surface area contributed by atoms with E-state index in [0.717, 1.165) is 28.2 Å². The van der Waals surface area contributed by atoms with E-state index < -0.39 is 0 Å². The van der Waals surface area contributed by atoms with Crippen LogP contribution in [0.5, 0.6) is 0 Å². The van der Waals surface area contributed by atoms with Crippen LogP contribution >= 0.6 is 23.1 Å². The fourth-order valence-corrected chi connectivity index (χ4v) is 5.15. The molecule has 0 aliphatic carbocycles. The topological polar surface area (TPSA) is 41.9 Å². The van der Waals surface area contributed by atoms with Gasteiger partial charge in [-0.2, -0.15) is 0 Å². The highest BCUT2D eigenvalue weighted by Gasteiger charge is 2.38. The highest BCUT2D eigenvalue weighted by molar-refractivity contribution is 8.00. The lowest BCUT2D eigenvalue weighted by atomic mass is 10.1. The number of benzene rings is 1. The number of carbonyl (C=O) groups is 1. The molecule has 3 heterocycles. The van der Waals surface area contributed by atoms with Gasteiger partial charge in [0.1, 0.15) is 12.0 Å². The average molecular weight is 344 g/mol. The van der Waals surface area contributed by atoms with Crippen LogP contribution in [0, 0.1) is 0 Å². The molecule has 0 unspecified atom stereocenters. The van der Waals surface area contributed by atoms with Crippen LogP contribution < -0.4 is 0 Å². The monoisotopic (exact) mass is 344 g/mol. The van der Waals surface area contributed by atoms with E-state index in [0.29, 0.717) is 13.2 Å². The number of hydrogen-bond donors (Lipinski definition) is 0. The summed E-state index contributed by atoms with van der Waals surface area (Å²) >= 11 is 3.41. The van der Waals surface area contributed by atoms with Gasteiger partial charge in [-0.3, -0.25) is 4.79 Å². The average Bonchev–Trinajstić information content (AvgIpc) is 3.11. The van der Waals surface area contributed by atoms with Crippen molar-refractivity contribution in [1.82, 2.24) is 4.90 Å². The number of fused-ring (bicyclic) bond motifs is 4. The summed E-state index contributed by atoms with van der Waals surface area (Å²) in [5, 5.41) is 6.42. The third kappa shape index (κ3) is 2.46. The van der Waals surface area contributed by atoms with Crippen LogP contribution in [0.4, 0.5) is 0 Å². The van der Waals surface area contributed by atoms with Crippen LogP contribution in [0.25, 0.3) is 0 Å². The van der Waals surface area contributed by atoms with Crippen molar-refractivity contribution in [2.24, 2.45) is 5.16 Å². The van der Waals surface area contributed by atoms with Crippen molar-refractivity contribution in [2.75, 3.05) is 12.4 Å². The lowest BCUT2D eigenvalue weighted by Gasteiger charge is -2.27. The van der Waals surface area contributed by atoms with E-state index in [-0.39, 0.29) is 11.3 Å². The van der Waals surface area contributed by atoms with Crippen LogP contribution in [0.1, 0.15) is 38.7 Å². The summed E-state index contributed by atoms with van der Waals surface area (Å²) < 4.78 is 0. The predicted molar refractivity (Wildman–Crippen MR) is 94.0 cm³/mol. The summed E-state index contributed by atoms with van der Waals surface area (Å²) in [6.07, 6.45) is 0. The maximum absolute atomic E-state index is 12.7. The lowest BCUT2D eigenvalue weighted by molar-refractivity contribution is 0.0763. The third-order valence-corrected chi connectivity index (χ3v) is 6.22. The number of thiophene rings is 1. The van der Waals surface area contributed by atoms with Crippen molar-refractivity contribution in [3.05, 3.63) is 57.3 Å². The second kappa shape index (κ2) is 6.02. The molecule has 1 aromatic heterocycles. The Kier molecular flexibility index (Phi) is 3.87. The van der Waals surface area contributed by atoms with Gasteiger partial charge >= 0.3 is 0 Å². The van der Waals surface area contributed by atoms with Gasteiger partial charge in [-0.15, -0.1) is 23.1 Å². The van der Waals surface area contributed by atoms with E-state index >= 15 is 0 Å². The molecule has 4 nitrogen and oxygen atoms in total. The van der Waals surface area contributed by atoms with Gasteiger partial charge in [0.2, 0.25) is 0 Å². The number of amides is 1. The molecule has 2 aromatic rings. The third-order valence-electron chi connectivity index (χ3n) is 4.05. The Balaban J connectivity index is 1.76. The molecule has 6 heteroatoms. The molecular weight excluding hydrogens is 328 g/mol. The maximum atomic E-state index is 12.7. The molecular formula is C17H16N2O2S2. The SMILES string of the molecule is CCO/N=C1\CS[C@@H]2c3ccccc3C(=O)N2Cc2sccc21. The Morgan fingerprint density at radius 2 is 2.17 bits per heavy atom. The van der Waals surface area contributed by atoms with Gasteiger partial charge in [0.05, 0.1) is 12.3 Å². The molecule has 1 aromatic carbocycles. The molecule has 2 aliphatic heterocycles. The number of thioether (sulfide) groups is 1. The Bertz CT molecular complexity index is 784. The smallest absolute Gasteiger partial charge is 0.255 e. The molecule has 23 heavy (non-hydrogen) atoms. The first-order valence-corrected chi connectivity index (χ1v) is 9.49. The first kappa shape index (κ1) is 14.8. The minimum Gasteiger partial charge on any atom is -0.396 e. The maximum Gasteiger partial charge on any atom is 0.255 e. The molecule has 0 spiro atoms. The van der Waals surface area contributed by atoms with Crippen LogP contribution in [-0.2, 0) is 11.4 Å². The summed E-state index contributed by atoms with van der Waals surface area (Å²) in [5.41, 5.74) is 4.01. The second-order valence-corrected chi connectivity index (χ2v) is 7.47. The summed E-state index contributed by atoms with van der Waals surface area (Å²) in [5.74, 6) is 0.856. The fraction of sp³-hybridized carbons (Fsp3) is 0.294. The van der Waals surface area contributed by atoms with Crippen LogP contribution in [0.15, 0.2) is 40.9 Å². The van der Waals surface area contributed by atoms with E-state index in [1.54, 1.807) is 23.1 Å². The Hall–Kier alpha value is -1.79. The molecule has 118 valence electrons. The molecule has 0 radical (unpaired) electrons. The quantitative estimate of drug-likeness (QED) is 0.776. The summed E-state index contributed by atoms with van der Waals surface area (Å²) in [6.45, 7) is 3.12. The molecule has 2 aliphatic rings. The van der Waals surface area contributed by atoms with Crippen molar-refractivity contribution >= 4 is 34.7 Å². The molecule has 0 saturated heterocycles. The minimum absolute atomic E-state index is 0.0563. The van der Waals surface area contributed by atoms with Crippen molar-refractivity contribution < 1.29 is 9.63 Å². The number of nitrogens with zero attached hydrogens (tertiary/aromatic N) is 2. The Labute approximate surface area is 143 Å². The predicted octanol–water partition coefficient (Wildman–Crippen LogP) is 3.89. The van der Waals surface area contributed by atoms with Gasteiger partial charge < -0.3 is 9.74 Å². The molecule has 0 saturated carbocycles. The standard InChI is InChI=1S/C17H16N2O2S2/c1-2-21-18-14-10-23-17-12-6-4-3-5-11(12)16(20)19(17)9-15-13(14)7-8-22-15/h3-8,17H,2,9-10H2,1H3/b18-14+/t17-/m1/s1. The van der Waals surface area contributed by atoms with Crippen molar-refractivity contribution in [2.45, 2.75) is 18.8 Å². The van der Waals surface area contributed by atoms with Gasteiger partial charge in [-0.1, -0.05) is 23.4 Å². The molecule has 0 fully saturated rings. The van der Waals surface area contributed by atoms with Crippen molar-refractivity contribution in [3.8, 4) is 0 Å².